The number of H-pyrrole nitrogens is 1. The van der Waals surface area contributed by atoms with Crippen molar-refractivity contribution in [2.75, 3.05) is 7.05 Å². The lowest BCUT2D eigenvalue weighted by molar-refractivity contribution is 0.0778. The first kappa shape index (κ1) is 18.6. The van der Waals surface area contributed by atoms with Gasteiger partial charge in [0.2, 0.25) is 5.56 Å². The normalized spacial score (nSPS) is 11.0. The van der Waals surface area contributed by atoms with E-state index in [1.54, 1.807) is 24.2 Å². The van der Waals surface area contributed by atoms with Crippen molar-refractivity contribution in [1.82, 2.24) is 19.4 Å². The molecule has 0 aliphatic carbocycles. The average Bonchev–Trinajstić information content (AvgIpc) is 3.08. The van der Waals surface area contributed by atoms with Crippen LogP contribution < -0.4 is 5.56 Å². The number of nitrogens with zero attached hydrogens (tertiary/aromatic N) is 3. The number of carbonyl (C=O) groups excluding carboxylic acids is 1. The maximum atomic E-state index is 12.9. The fourth-order valence-corrected chi connectivity index (χ4v) is 3.04. The highest BCUT2D eigenvalue weighted by Gasteiger charge is 2.19. The molecule has 1 amide bonds. The Morgan fingerprint density at radius 3 is 2.63 bits per heavy atom. The second-order valence-corrected chi connectivity index (χ2v) is 6.92. The molecule has 0 fully saturated rings. The summed E-state index contributed by atoms with van der Waals surface area (Å²) in [5, 5.41) is 0. The van der Waals surface area contributed by atoms with Gasteiger partial charge >= 0.3 is 0 Å². The molecule has 0 saturated carbocycles. The highest BCUT2D eigenvalue weighted by molar-refractivity contribution is 5.95. The summed E-state index contributed by atoms with van der Waals surface area (Å²) < 4.78 is 2.04. The van der Waals surface area contributed by atoms with E-state index in [0.29, 0.717) is 24.3 Å². The van der Waals surface area contributed by atoms with Crippen molar-refractivity contribution < 1.29 is 4.79 Å². The third-order valence-electron chi connectivity index (χ3n) is 4.48. The SMILES string of the molecule is CC(C)c1[nH]c(=O)ccc1C(=O)N(C)Cc1nccn1Cc1ccccc1. The molecule has 3 rings (SSSR count). The molecular formula is C21H24N4O2. The number of aromatic amines is 1. The van der Waals surface area contributed by atoms with E-state index in [2.05, 4.69) is 22.1 Å². The molecule has 0 unspecified atom stereocenters. The Kier molecular flexibility index (Phi) is 5.54. The maximum Gasteiger partial charge on any atom is 0.255 e. The van der Waals surface area contributed by atoms with Crippen molar-refractivity contribution in [2.24, 2.45) is 0 Å². The van der Waals surface area contributed by atoms with Crippen molar-refractivity contribution in [1.29, 1.82) is 0 Å². The number of nitrogens with one attached hydrogen (secondary N) is 1. The van der Waals surface area contributed by atoms with Crippen LogP contribution in [0.15, 0.2) is 59.7 Å². The standard InChI is InChI=1S/C21H24N4O2/c1-15(2)20-17(9-10-19(26)23-20)21(27)24(3)14-18-22-11-12-25(18)13-16-7-5-4-6-8-16/h4-12,15H,13-14H2,1-3H3,(H,23,26). The molecule has 0 atom stereocenters. The number of aromatic nitrogens is 3. The van der Waals surface area contributed by atoms with Crippen LogP contribution in [-0.2, 0) is 13.1 Å². The molecule has 2 aromatic heterocycles. The topological polar surface area (TPSA) is 71.0 Å². The number of amides is 1. The van der Waals surface area contributed by atoms with Gasteiger partial charge in [0, 0.05) is 37.7 Å². The van der Waals surface area contributed by atoms with Crippen LogP contribution in [0.3, 0.4) is 0 Å². The van der Waals surface area contributed by atoms with Crippen molar-refractivity contribution in [3.63, 3.8) is 0 Å². The monoisotopic (exact) mass is 364 g/mol. The Morgan fingerprint density at radius 1 is 1.19 bits per heavy atom. The lowest BCUT2D eigenvalue weighted by Gasteiger charge is -2.20. The average molecular weight is 364 g/mol. The number of pyridine rings is 1. The Balaban J connectivity index is 1.79. The molecule has 140 valence electrons. The number of hydrogen-bond acceptors (Lipinski definition) is 3. The summed E-state index contributed by atoms with van der Waals surface area (Å²) in [5.74, 6) is 0.723. The van der Waals surface area contributed by atoms with E-state index in [1.807, 2.05) is 42.8 Å². The van der Waals surface area contributed by atoms with Crippen molar-refractivity contribution in [3.05, 3.63) is 87.9 Å². The molecule has 0 aliphatic rings. The number of benzene rings is 1. The molecule has 0 radical (unpaired) electrons. The van der Waals surface area contributed by atoms with Gasteiger partial charge in [-0.3, -0.25) is 9.59 Å². The Bertz CT molecular complexity index is 973. The second-order valence-electron chi connectivity index (χ2n) is 6.92. The molecule has 1 N–H and O–H groups in total. The number of rotatable bonds is 6. The zero-order chi connectivity index (χ0) is 19.4. The summed E-state index contributed by atoms with van der Waals surface area (Å²) in [6.07, 6.45) is 3.66. The summed E-state index contributed by atoms with van der Waals surface area (Å²) in [7, 11) is 1.75. The van der Waals surface area contributed by atoms with Gasteiger partial charge in [-0.25, -0.2) is 4.98 Å². The maximum absolute atomic E-state index is 12.9. The van der Waals surface area contributed by atoms with Crippen LogP contribution in [0.1, 0.15) is 47.2 Å². The number of hydrogen-bond donors (Lipinski definition) is 1. The first-order chi connectivity index (χ1) is 13.0. The van der Waals surface area contributed by atoms with E-state index in [1.165, 1.54) is 11.6 Å². The molecular weight excluding hydrogens is 340 g/mol. The summed E-state index contributed by atoms with van der Waals surface area (Å²) >= 11 is 0. The third-order valence-corrected chi connectivity index (χ3v) is 4.48. The van der Waals surface area contributed by atoms with Crippen LogP contribution in [0.5, 0.6) is 0 Å². The molecule has 3 aromatic rings. The van der Waals surface area contributed by atoms with E-state index in [9.17, 15) is 9.59 Å². The number of imidazole rings is 1. The molecule has 2 heterocycles. The highest BCUT2D eigenvalue weighted by Crippen LogP contribution is 2.17. The van der Waals surface area contributed by atoms with Crippen LogP contribution in [0.4, 0.5) is 0 Å². The van der Waals surface area contributed by atoms with Gasteiger partial charge in [0.05, 0.1) is 12.1 Å². The Hall–Kier alpha value is -3.15. The van der Waals surface area contributed by atoms with Crippen molar-refractivity contribution in [3.8, 4) is 0 Å². The summed E-state index contributed by atoms with van der Waals surface area (Å²) in [5.41, 5.74) is 2.16. The van der Waals surface area contributed by atoms with Gasteiger partial charge in [-0.2, -0.15) is 0 Å². The van der Waals surface area contributed by atoms with Gasteiger partial charge in [-0.1, -0.05) is 44.2 Å². The molecule has 0 spiro atoms. The first-order valence-electron chi connectivity index (χ1n) is 8.98. The van der Waals surface area contributed by atoms with Crippen LogP contribution >= 0.6 is 0 Å². The number of carbonyl (C=O) groups is 1. The summed E-state index contributed by atoms with van der Waals surface area (Å²) in [6.45, 7) is 4.99. The lowest BCUT2D eigenvalue weighted by Crippen LogP contribution is -2.30. The minimum Gasteiger partial charge on any atom is -0.334 e. The fourth-order valence-electron chi connectivity index (χ4n) is 3.04. The van der Waals surface area contributed by atoms with Crippen molar-refractivity contribution in [2.45, 2.75) is 32.9 Å². The van der Waals surface area contributed by atoms with Crippen LogP contribution in [-0.4, -0.2) is 32.4 Å². The van der Waals surface area contributed by atoms with Gasteiger partial charge in [0.15, 0.2) is 0 Å². The molecule has 0 saturated heterocycles. The zero-order valence-electron chi connectivity index (χ0n) is 15.8. The van der Waals surface area contributed by atoms with Crippen LogP contribution in [0.2, 0.25) is 0 Å². The molecule has 6 heteroatoms. The molecule has 0 bridgehead atoms. The highest BCUT2D eigenvalue weighted by atomic mass is 16.2. The molecule has 27 heavy (non-hydrogen) atoms. The minimum atomic E-state index is -0.198. The van der Waals surface area contributed by atoms with E-state index in [0.717, 1.165) is 5.82 Å². The third kappa shape index (κ3) is 4.34. The first-order valence-corrected chi connectivity index (χ1v) is 8.98. The van der Waals surface area contributed by atoms with Gasteiger partial charge in [0.1, 0.15) is 5.82 Å². The molecule has 0 aliphatic heterocycles. The Labute approximate surface area is 158 Å². The predicted octanol–water partition coefficient (Wildman–Crippen LogP) is 3.02. The largest absolute Gasteiger partial charge is 0.334 e. The van der Waals surface area contributed by atoms with E-state index in [4.69, 9.17) is 0 Å². The quantitative estimate of drug-likeness (QED) is 0.731. The van der Waals surface area contributed by atoms with Gasteiger partial charge in [-0.15, -0.1) is 0 Å². The predicted molar refractivity (Wildman–Crippen MR) is 105 cm³/mol. The van der Waals surface area contributed by atoms with E-state index >= 15 is 0 Å². The van der Waals surface area contributed by atoms with Crippen molar-refractivity contribution >= 4 is 5.91 Å². The minimum absolute atomic E-state index is 0.0475. The molecule has 6 nitrogen and oxygen atoms in total. The lowest BCUT2D eigenvalue weighted by atomic mass is 10.0. The van der Waals surface area contributed by atoms with E-state index < -0.39 is 0 Å². The van der Waals surface area contributed by atoms with Gasteiger partial charge in [-0.05, 0) is 17.5 Å². The fraction of sp³-hybridized carbons (Fsp3) is 0.286. The Morgan fingerprint density at radius 2 is 1.93 bits per heavy atom. The van der Waals surface area contributed by atoms with E-state index in [-0.39, 0.29) is 17.4 Å². The summed E-state index contributed by atoms with van der Waals surface area (Å²) in [4.78, 5) is 33.4. The second kappa shape index (κ2) is 8.03. The molecule has 1 aromatic carbocycles. The smallest absolute Gasteiger partial charge is 0.255 e. The van der Waals surface area contributed by atoms with Gasteiger partial charge in [0.25, 0.3) is 5.91 Å². The van der Waals surface area contributed by atoms with Gasteiger partial charge < -0.3 is 14.5 Å². The summed E-state index contributed by atoms with van der Waals surface area (Å²) in [6, 6.07) is 13.1. The van der Waals surface area contributed by atoms with Crippen LogP contribution in [0, 0.1) is 0 Å². The zero-order valence-corrected chi connectivity index (χ0v) is 15.8. The van der Waals surface area contributed by atoms with Crippen LogP contribution in [0.25, 0.3) is 0 Å².